The van der Waals surface area contributed by atoms with Crippen LogP contribution < -0.4 is 10.5 Å². The Labute approximate surface area is 144 Å². The second-order valence-electron chi connectivity index (χ2n) is 3.51. The number of aliphatic hydroxyl groups is 1. The maximum Gasteiger partial charge on any atom is 0.599 e. The van der Waals surface area contributed by atoms with E-state index in [-0.39, 0.29) is 49.3 Å². The summed E-state index contributed by atoms with van der Waals surface area (Å²) in [5.41, 5.74) is 15.5. The average molecular weight is 354 g/mol. The van der Waals surface area contributed by atoms with E-state index in [0.29, 0.717) is 13.2 Å². The number of ether oxygens (including phenoxy) is 3. The van der Waals surface area contributed by atoms with Gasteiger partial charge >= 0.3 is 11.8 Å². The molecular weight excluding hydrogens is 336 g/mol. The van der Waals surface area contributed by atoms with E-state index in [9.17, 15) is 0 Å². The van der Waals surface area contributed by atoms with Gasteiger partial charge in [-0.2, -0.15) is 0 Å². The molecule has 0 aromatic carbocycles. The van der Waals surface area contributed by atoms with E-state index in [4.69, 9.17) is 55.8 Å². The van der Waals surface area contributed by atoms with Crippen LogP contribution in [-0.4, -0.2) is 47.2 Å². The van der Waals surface area contributed by atoms with Crippen LogP contribution in [0.5, 0.6) is 5.88 Å². The van der Waals surface area contributed by atoms with Gasteiger partial charge in [0, 0.05) is 1.43 Å². The molecule has 0 unspecified atom stereocenters. The van der Waals surface area contributed by atoms with Crippen molar-refractivity contribution in [1.82, 2.24) is 10.2 Å². The Morgan fingerprint density at radius 3 is 2.32 bits per heavy atom. The molecule has 136 valence electrons. The van der Waals surface area contributed by atoms with Crippen molar-refractivity contribution in [2.45, 2.75) is 0 Å². The van der Waals surface area contributed by atoms with Gasteiger partial charge in [-0.15, -0.1) is 14.8 Å². The third kappa shape index (κ3) is 7.30. The minimum Gasteiger partial charge on any atom is -0.483 e. The van der Waals surface area contributed by atoms with Crippen LogP contribution in [0, 0.1) is 30.8 Å². The Morgan fingerprint density at radius 2 is 1.88 bits per heavy atom. The molecule has 8 N–H and O–H groups in total. The standard InChI is InChI=1S/C6H8N4O2.C6H4N2O2.H2N2.H2O.H2/c1-8-4-5(7)9-10-6(4)12-3-2-11;1-7-5(8-2)6-9-3-4-10-6;1-2;;/h11H,2-3H2,(H3,7,9,10);3-4H2;1-2H;1H2;1H. The number of nitrogens with one attached hydrogen (secondary N) is 3. The summed E-state index contributed by atoms with van der Waals surface area (Å²) >= 11 is 0. The maximum absolute atomic E-state index is 8.43. The van der Waals surface area contributed by atoms with Crippen molar-refractivity contribution >= 4 is 11.5 Å². The third-order valence-corrected chi connectivity index (χ3v) is 2.12. The van der Waals surface area contributed by atoms with Crippen molar-refractivity contribution in [3.8, 4) is 5.88 Å². The first-order chi connectivity index (χ1) is 11.7. The fourth-order valence-corrected chi connectivity index (χ4v) is 1.24. The van der Waals surface area contributed by atoms with Crippen LogP contribution in [0.15, 0.2) is 11.8 Å². The molecule has 2 rings (SSSR count). The van der Waals surface area contributed by atoms with Gasteiger partial charge in [0.2, 0.25) is 5.88 Å². The summed E-state index contributed by atoms with van der Waals surface area (Å²) < 4.78 is 14.6. The molecule has 1 saturated heterocycles. The normalized spacial score (nSPS) is 10.4. The topological polar surface area (TPSA) is 195 Å². The molecule has 0 radical (unpaired) electrons. The third-order valence-electron chi connectivity index (χ3n) is 2.12. The lowest BCUT2D eigenvalue weighted by Crippen LogP contribution is -2.01. The molecule has 1 aromatic heterocycles. The zero-order chi connectivity index (χ0) is 18.4. The number of aliphatic hydroxyl groups excluding tert-OH is 1. The number of anilines is 1. The van der Waals surface area contributed by atoms with E-state index in [1.165, 1.54) is 0 Å². The Morgan fingerprint density at radius 1 is 1.32 bits per heavy atom. The van der Waals surface area contributed by atoms with Crippen LogP contribution in [0.1, 0.15) is 1.43 Å². The molecule has 2 heterocycles. The van der Waals surface area contributed by atoms with E-state index in [1.807, 2.05) is 0 Å². The summed E-state index contributed by atoms with van der Waals surface area (Å²) in [5, 5.41) is 14.5. The SMILES string of the molecule is N=N.O.[C-]#[N+]C([N+]#[C-])=C1OCCO1.[C-]#[N+]c1c(OCCO)n[nH]c1N.[HH]. The number of H-pyrrole nitrogens is 1. The van der Waals surface area contributed by atoms with Crippen LogP contribution in [-0.2, 0) is 9.47 Å². The predicted molar refractivity (Wildman–Crippen MR) is 85.1 cm³/mol. The van der Waals surface area contributed by atoms with Gasteiger partial charge in [0.25, 0.3) is 5.69 Å². The molecule has 1 aliphatic rings. The Kier molecular flexibility index (Phi) is 12.9. The lowest BCUT2D eigenvalue weighted by Gasteiger charge is -1.98. The highest BCUT2D eigenvalue weighted by Gasteiger charge is 2.22. The predicted octanol–water partition coefficient (Wildman–Crippen LogP) is 0.930. The zero-order valence-electron chi connectivity index (χ0n) is 12.9. The minimum atomic E-state index is -0.127. The van der Waals surface area contributed by atoms with Gasteiger partial charge in [-0.3, -0.25) is 5.10 Å². The highest BCUT2D eigenvalue weighted by Crippen LogP contribution is 2.30. The minimum absolute atomic E-state index is 0. The number of nitrogen functional groups attached to an aromatic ring is 1. The molecule has 0 saturated carbocycles. The number of rotatable bonds is 3. The van der Waals surface area contributed by atoms with E-state index in [2.05, 4.69) is 24.7 Å². The molecule has 1 fully saturated rings. The van der Waals surface area contributed by atoms with Gasteiger partial charge in [0.1, 0.15) is 38.8 Å². The van der Waals surface area contributed by atoms with Crippen molar-refractivity contribution in [1.29, 1.82) is 11.1 Å². The molecule has 0 atom stereocenters. The van der Waals surface area contributed by atoms with Gasteiger partial charge in [0.05, 0.1) is 13.2 Å². The number of nitrogens with two attached hydrogens (primary N) is 1. The smallest absolute Gasteiger partial charge is 0.483 e. The second-order valence-corrected chi connectivity index (χ2v) is 3.51. The van der Waals surface area contributed by atoms with Crippen molar-refractivity contribution in [3.63, 3.8) is 0 Å². The van der Waals surface area contributed by atoms with Crippen LogP contribution in [0.25, 0.3) is 14.5 Å². The first-order valence-electron chi connectivity index (χ1n) is 6.12. The first-order valence-corrected chi connectivity index (χ1v) is 6.12. The number of hydrogen-bond donors (Lipinski definition) is 5. The number of aromatic amines is 1. The molecule has 1 aromatic rings. The summed E-state index contributed by atoms with van der Waals surface area (Å²) in [6.07, 6.45) is 0. The number of aromatic nitrogens is 2. The van der Waals surface area contributed by atoms with Crippen LogP contribution in [0.4, 0.5) is 11.5 Å². The molecular formula is C12H18N8O5. The summed E-state index contributed by atoms with van der Waals surface area (Å²) in [7, 11) is 0. The van der Waals surface area contributed by atoms with E-state index in [1.54, 1.807) is 0 Å². The molecule has 25 heavy (non-hydrogen) atoms. The first kappa shape index (κ1) is 23.4. The van der Waals surface area contributed by atoms with Crippen molar-refractivity contribution < 1.29 is 26.2 Å². The molecule has 0 bridgehead atoms. The summed E-state index contributed by atoms with van der Waals surface area (Å²) in [6.45, 7) is 20.6. The summed E-state index contributed by atoms with van der Waals surface area (Å²) in [6, 6.07) is 0. The van der Waals surface area contributed by atoms with Gasteiger partial charge < -0.3 is 30.5 Å². The Bertz CT molecular complexity index is 663. The number of nitrogens with zero attached hydrogens (tertiary/aromatic N) is 4. The highest BCUT2D eigenvalue weighted by molar-refractivity contribution is 5.68. The van der Waals surface area contributed by atoms with Gasteiger partial charge in [-0.1, -0.05) is 0 Å². The molecule has 0 amide bonds. The second kappa shape index (κ2) is 13.8. The van der Waals surface area contributed by atoms with Crippen LogP contribution in [0.3, 0.4) is 0 Å². The fourth-order valence-electron chi connectivity index (χ4n) is 1.24. The Balaban J connectivity index is -0.000000350. The van der Waals surface area contributed by atoms with Gasteiger partial charge in [-0.05, 0) is 0 Å². The lowest BCUT2D eigenvalue weighted by atomic mass is 10.5. The van der Waals surface area contributed by atoms with Crippen molar-refractivity contribution in [2.24, 2.45) is 0 Å². The van der Waals surface area contributed by atoms with E-state index >= 15 is 0 Å². The molecule has 0 aliphatic carbocycles. The van der Waals surface area contributed by atoms with Crippen LogP contribution in [0.2, 0.25) is 0 Å². The van der Waals surface area contributed by atoms with Gasteiger partial charge in [0.15, 0.2) is 0 Å². The van der Waals surface area contributed by atoms with E-state index < -0.39 is 0 Å². The summed E-state index contributed by atoms with van der Waals surface area (Å²) in [4.78, 5) is 8.94. The van der Waals surface area contributed by atoms with Crippen LogP contribution >= 0.6 is 0 Å². The molecule has 1 aliphatic heterocycles. The summed E-state index contributed by atoms with van der Waals surface area (Å²) in [5.74, 6) is 0.261. The van der Waals surface area contributed by atoms with Crippen molar-refractivity contribution in [2.75, 3.05) is 32.2 Å². The van der Waals surface area contributed by atoms with Crippen molar-refractivity contribution in [3.05, 3.63) is 46.0 Å². The molecule has 0 spiro atoms. The maximum atomic E-state index is 8.43. The average Bonchev–Trinajstić information content (AvgIpc) is 3.26. The molecule has 13 heteroatoms. The lowest BCUT2D eigenvalue weighted by molar-refractivity contribution is 0.173. The Hall–Kier alpha value is -3.86. The zero-order valence-corrected chi connectivity index (χ0v) is 12.9. The van der Waals surface area contributed by atoms with E-state index in [0.717, 1.165) is 0 Å². The molecule has 13 nitrogen and oxygen atoms in total. The number of hydrogen-bond acceptors (Lipinski definition) is 8. The fraction of sp³-hybridized carbons (Fsp3) is 0.333. The monoisotopic (exact) mass is 354 g/mol. The van der Waals surface area contributed by atoms with Gasteiger partial charge in [-0.25, -0.2) is 15.9 Å². The largest absolute Gasteiger partial charge is 0.599 e. The quantitative estimate of drug-likeness (QED) is 0.395. The highest BCUT2D eigenvalue weighted by atomic mass is 16.7.